The molecule has 2 rings (SSSR count). The molecule has 1 atom stereocenters. The molecule has 0 aromatic heterocycles. The zero-order valence-electron chi connectivity index (χ0n) is 10.6. The molecule has 1 aliphatic heterocycles. The van der Waals surface area contributed by atoms with Crippen molar-refractivity contribution in [3.63, 3.8) is 0 Å². The number of hydrogen-bond acceptors (Lipinski definition) is 3. The van der Waals surface area contributed by atoms with E-state index in [0.29, 0.717) is 6.04 Å². The largest absolute Gasteiger partial charge is 0.379 e. The van der Waals surface area contributed by atoms with Crippen LogP contribution in [-0.4, -0.2) is 42.8 Å². The van der Waals surface area contributed by atoms with Gasteiger partial charge in [0.15, 0.2) is 0 Å². The summed E-state index contributed by atoms with van der Waals surface area (Å²) in [5.41, 5.74) is 6.60. The Hall–Kier alpha value is -0.120. The zero-order valence-corrected chi connectivity index (χ0v) is 10.6. The van der Waals surface area contributed by atoms with Crippen LogP contribution in [0, 0.1) is 0 Å². The molecule has 3 nitrogen and oxygen atoms in total. The highest BCUT2D eigenvalue weighted by Crippen LogP contribution is 2.29. The Kier molecular flexibility index (Phi) is 4.22. The number of nitrogens with two attached hydrogens (primary N) is 1. The number of morpholine rings is 1. The third-order valence-corrected chi connectivity index (χ3v) is 4.25. The van der Waals surface area contributed by atoms with Gasteiger partial charge in [0, 0.05) is 24.7 Å². The lowest BCUT2D eigenvalue weighted by Crippen LogP contribution is -2.49. The van der Waals surface area contributed by atoms with Gasteiger partial charge >= 0.3 is 0 Å². The van der Waals surface area contributed by atoms with Gasteiger partial charge in [0.2, 0.25) is 0 Å². The fourth-order valence-electron chi connectivity index (χ4n) is 2.97. The molecule has 2 N–H and O–H groups in total. The van der Waals surface area contributed by atoms with Crippen molar-refractivity contribution in [3.05, 3.63) is 0 Å². The molecule has 0 bridgehead atoms. The monoisotopic (exact) mass is 226 g/mol. The van der Waals surface area contributed by atoms with Crippen LogP contribution in [0.1, 0.15) is 45.4 Å². The Morgan fingerprint density at radius 2 is 2.06 bits per heavy atom. The van der Waals surface area contributed by atoms with E-state index in [1.54, 1.807) is 0 Å². The van der Waals surface area contributed by atoms with Crippen LogP contribution in [0.4, 0.5) is 0 Å². The molecule has 1 aliphatic carbocycles. The van der Waals surface area contributed by atoms with E-state index >= 15 is 0 Å². The lowest BCUT2D eigenvalue weighted by molar-refractivity contribution is -0.00418. The maximum absolute atomic E-state index is 6.46. The molecule has 1 heterocycles. The molecule has 3 heteroatoms. The quantitative estimate of drug-likeness (QED) is 0.797. The van der Waals surface area contributed by atoms with Gasteiger partial charge in [-0.25, -0.2) is 0 Å². The van der Waals surface area contributed by atoms with E-state index < -0.39 is 0 Å². The fraction of sp³-hybridized carbons (Fsp3) is 1.00. The van der Waals surface area contributed by atoms with Crippen LogP contribution in [-0.2, 0) is 4.74 Å². The molecule has 1 saturated heterocycles. The second kappa shape index (κ2) is 5.48. The summed E-state index contributed by atoms with van der Waals surface area (Å²) in [4.78, 5) is 2.53. The Balaban J connectivity index is 1.76. The lowest BCUT2D eigenvalue weighted by Gasteiger charge is -2.38. The first kappa shape index (κ1) is 12.3. The van der Waals surface area contributed by atoms with Gasteiger partial charge in [0.25, 0.3) is 0 Å². The molecule has 0 spiro atoms. The summed E-state index contributed by atoms with van der Waals surface area (Å²) in [6, 6.07) is 0.570. The van der Waals surface area contributed by atoms with E-state index in [-0.39, 0.29) is 5.54 Å². The number of hydrogen-bond donors (Lipinski definition) is 1. The first-order valence-corrected chi connectivity index (χ1v) is 6.80. The van der Waals surface area contributed by atoms with Crippen molar-refractivity contribution in [2.75, 3.05) is 26.3 Å². The maximum Gasteiger partial charge on any atom is 0.0619 e. The minimum Gasteiger partial charge on any atom is -0.379 e. The molecule has 0 radical (unpaired) electrons. The molecule has 0 aromatic carbocycles. The van der Waals surface area contributed by atoms with Gasteiger partial charge in [-0.3, -0.25) is 4.90 Å². The number of rotatable bonds is 3. The van der Waals surface area contributed by atoms with E-state index in [1.165, 1.54) is 32.1 Å². The van der Waals surface area contributed by atoms with Crippen LogP contribution in [0.3, 0.4) is 0 Å². The van der Waals surface area contributed by atoms with E-state index in [9.17, 15) is 0 Å². The summed E-state index contributed by atoms with van der Waals surface area (Å²) in [6.07, 6.45) is 7.66. The minimum atomic E-state index is 0.135. The molecule has 2 aliphatic rings. The molecule has 0 aromatic rings. The molecule has 16 heavy (non-hydrogen) atoms. The number of ether oxygens (including phenoxy) is 1. The van der Waals surface area contributed by atoms with Crippen LogP contribution < -0.4 is 5.73 Å². The summed E-state index contributed by atoms with van der Waals surface area (Å²) in [6.45, 7) is 6.26. The van der Waals surface area contributed by atoms with Gasteiger partial charge in [-0.05, 0) is 26.2 Å². The summed E-state index contributed by atoms with van der Waals surface area (Å²) in [7, 11) is 0. The van der Waals surface area contributed by atoms with Crippen LogP contribution in [0.25, 0.3) is 0 Å². The highest BCUT2D eigenvalue weighted by molar-refractivity contribution is 4.88. The van der Waals surface area contributed by atoms with Crippen LogP contribution >= 0.6 is 0 Å². The Morgan fingerprint density at radius 1 is 1.31 bits per heavy atom. The van der Waals surface area contributed by atoms with E-state index in [4.69, 9.17) is 10.5 Å². The Labute approximate surface area is 99.3 Å². The Morgan fingerprint density at radius 3 is 2.75 bits per heavy atom. The van der Waals surface area contributed by atoms with E-state index in [2.05, 4.69) is 11.8 Å². The van der Waals surface area contributed by atoms with Gasteiger partial charge < -0.3 is 10.5 Å². The minimum absolute atomic E-state index is 0.135. The fourth-order valence-corrected chi connectivity index (χ4v) is 2.97. The van der Waals surface area contributed by atoms with Crippen molar-refractivity contribution in [1.29, 1.82) is 0 Å². The van der Waals surface area contributed by atoms with Crippen LogP contribution in [0.2, 0.25) is 0 Å². The first-order valence-electron chi connectivity index (χ1n) is 6.80. The summed E-state index contributed by atoms with van der Waals surface area (Å²) in [5.74, 6) is 0. The van der Waals surface area contributed by atoms with Crippen molar-refractivity contribution in [2.45, 2.75) is 57.0 Å². The average molecular weight is 226 g/mol. The van der Waals surface area contributed by atoms with Gasteiger partial charge in [0.1, 0.15) is 0 Å². The van der Waals surface area contributed by atoms with Gasteiger partial charge in [-0.1, -0.05) is 19.3 Å². The van der Waals surface area contributed by atoms with E-state index in [1.807, 2.05) is 0 Å². The molecule has 2 fully saturated rings. The normalized spacial score (nSPS) is 31.5. The van der Waals surface area contributed by atoms with Gasteiger partial charge in [0.05, 0.1) is 13.2 Å². The van der Waals surface area contributed by atoms with Gasteiger partial charge in [-0.2, -0.15) is 0 Å². The maximum atomic E-state index is 6.46. The summed E-state index contributed by atoms with van der Waals surface area (Å²) < 4.78 is 5.46. The van der Waals surface area contributed by atoms with Crippen molar-refractivity contribution in [3.8, 4) is 0 Å². The lowest BCUT2D eigenvalue weighted by atomic mass is 9.80. The molecular formula is C13H26N2O. The smallest absolute Gasteiger partial charge is 0.0619 e. The van der Waals surface area contributed by atoms with Crippen molar-refractivity contribution in [1.82, 2.24) is 4.90 Å². The van der Waals surface area contributed by atoms with Crippen molar-refractivity contribution >= 4 is 0 Å². The molecule has 1 unspecified atom stereocenters. The predicted octanol–water partition coefficient (Wildman–Crippen LogP) is 1.76. The SMILES string of the molecule is CC1COCCN1CCC1(N)CCCCC1. The van der Waals surface area contributed by atoms with Crippen LogP contribution in [0.15, 0.2) is 0 Å². The zero-order chi connectivity index (χ0) is 11.4. The standard InChI is InChI=1S/C13H26N2O/c1-12-11-16-10-9-15(12)8-7-13(14)5-3-2-4-6-13/h12H,2-11,14H2,1H3. The molecule has 94 valence electrons. The molecular weight excluding hydrogens is 200 g/mol. The highest BCUT2D eigenvalue weighted by Gasteiger charge is 2.29. The Bertz CT molecular complexity index is 214. The second-order valence-electron chi connectivity index (χ2n) is 5.63. The van der Waals surface area contributed by atoms with Crippen molar-refractivity contribution < 1.29 is 4.74 Å². The number of nitrogens with zero attached hydrogens (tertiary/aromatic N) is 1. The molecule has 0 amide bonds. The molecule has 1 saturated carbocycles. The van der Waals surface area contributed by atoms with E-state index in [0.717, 1.165) is 32.7 Å². The third-order valence-electron chi connectivity index (χ3n) is 4.25. The van der Waals surface area contributed by atoms with Crippen LogP contribution in [0.5, 0.6) is 0 Å². The first-order chi connectivity index (χ1) is 7.70. The van der Waals surface area contributed by atoms with Crippen molar-refractivity contribution in [2.24, 2.45) is 5.73 Å². The summed E-state index contributed by atoms with van der Waals surface area (Å²) >= 11 is 0. The topological polar surface area (TPSA) is 38.5 Å². The second-order valence-corrected chi connectivity index (χ2v) is 5.63. The third kappa shape index (κ3) is 3.19. The van der Waals surface area contributed by atoms with Gasteiger partial charge in [-0.15, -0.1) is 0 Å². The summed E-state index contributed by atoms with van der Waals surface area (Å²) in [5, 5.41) is 0. The average Bonchev–Trinajstić information content (AvgIpc) is 2.29. The predicted molar refractivity (Wildman–Crippen MR) is 66.5 cm³/mol. The highest BCUT2D eigenvalue weighted by atomic mass is 16.5.